The monoisotopic (exact) mass is 454 g/mol. The third kappa shape index (κ3) is 4.84. The highest BCUT2D eigenvalue weighted by molar-refractivity contribution is 7.85. The van der Waals surface area contributed by atoms with Gasteiger partial charge in [0.25, 0.3) is 16.0 Å². The Morgan fingerprint density at radius 2 is 1.81 bits per heavy atom. The topological polar surface area (TPSA) is 163 Å². The summed E-state index contributed by atoms with van der Waals surface area (Å²) in [6.07, 6.45) is 2.45. The summed E-state index contributed by atoms with van der Waals surface area (Å²) in [5, 5.41) is 3.93. The molecule has 0 aliphatic rings. The minimum atomic E-state index is -3.65. The van der Waals surface area contributed by atoms with Gasteiger partial charge < -0.3 is 15.2 Å². The first-order valence-electron chi connectivity index (χ1n) is 9.23. The number of anilines is 3. The van der Waals surface area contributed by atoms with Crippen LogP contribution in [0.1, 0.15) is 5.69 Å². The van der Waals surface area contributed by atoms with Crippen molar-refractivity contribution in [3.8, 4) is 23.1 Å². The Morgan fingerprint density at radius 3 is 2.56 bits per heavy atom. The summed E-state index contributed by atoms with van der Waals surface area (Å²) in [5.74, 6) is 0.576. The molecule has 0 unspecified atom stereocenters. The van der Waals surface area contributed by atoms with Gasteiger partial charge >= 0.3 is 0 Å². The second-order valence-electron chi connectivity index (χ2n) is 6.60. The fraction of sp³-hybridized carbons (Fsp3) is 0.158. The molecule has 0 spiro atoms. The van der Waals surface area contributed by atoms with E-state index in [1.807, 2.05) is 30.3 Å². The summed E-state index contributed by atoms with van der Waals surface area (Å²) >= 11 is 0. The number of nitrogens with two attached hydrogens (primary N) is 1. The molecule has 0 saturated heterocycles. The smallest absolute Gasteiger partial charge is 0.264 e. The maximum atomic E-state index is 11.3. The summed E-state index contributed by atoms with van der Waals surface area (Å²) in [4.78, 5) is 22.9. The number of para-hydroxylation sites is 1. The van der Waals surface area contributed by atoms with Gasteiger partial charge in [0.15, 0.2) is 0 Å². The van der Waals surface area contributed by atoms with Crippen LogP contribution in [0.2, 0.25) is 0 Å². The Morgan fingerprint density at radius 1 is 1.03 bits per heavy atom. The molecular formula is C19H18N8O4S. The lowest BCUT2D eigenvalue weighted by molar-refractivity contribution is 0.307. The molecule has 3 aromatic heterocycles. The molecule has 0 aliphatic heterocycles. The highest BCUT2D eigenvalue weighted by Crippen LogP contribution is 2.26. The summed E-state index contributed by atoms with van der Waals surface area (Å²) < 4.78 is 32.8. The number of hydrogen-bond donors (Lipinski definition) is 1. The van der Waals surface area contributed by atoms with Gasteiger partial charge in [-0.15, -0.1) is 0 Å². The largest absolute Gasteiger partial charge is 0.368 e. The number of nitrogens with zero attached hydrogens (tertiary/aromatic N) is 7. The number of benzene rings is 1. The van der Waals surface area contributed by atoms with Crippen LogP contribution in [-0.4, -0.2) is 51.8 Å². The average Bonchev–Trinajstić information content (AvgIpc) is 3.27. The lowest BCUT2D eigenvalue weighted by Gasteiger charge is -2.17. The van der Waals surface area contributed by atoms with E-state index in [1.54, 1.807) is 24.1 Å². The molecule has 1 aromatic carbocycles. The Bertz CT molecular complexity index is 1340. The van der Waals surface area contributed by atoms with Gasteiger partial charge in [-0.2, -0.15) is 28.4 Å². The number of nitrogen functional groups attached to an aromatic ring is 1. The van der Waals surface area contributed by atoms with Crippen molar-refractivity contribution in [2.24, 2.45) is 0 Å². The predicted molar refractivity (Wildman–Crippen MR) is 115 cm³/mol. The quantitative estimate of drug-likeness (QED) is 0.403. The van der Waals surface area contributed by atoms with E-state index < -0.39 is 10.1 Å². The predicted octanol–water partition coefficient (Wildman–Crippen LogP) is 1.81. The number of aromatic nitrogens is 6. The molecule has 13 heteroatoms. The summed E-state index contributed by atoms with van der Waals surface area (Å²) in [6, 6.07) is 12.8. The normalized spacial score (nSPS) is 11.4. The van der Waals surface area contributed by atoms with E-state index in [1.165, 1.54) is 6.20 Å². The standard InChI is InChI=1S/C19H18N8O4S/c1-27(12-7-4-3-5-8-12)19-24-15(23-18(20)25-19)16-22-17(31-26-16)13-9-6-10-21-14(13)11-30-32(2,28)29/h3-10H,11H2,1-2H3,(H2,20,23,24,25). The highest BCUT2D eigenvalue weighted by Gasteiger charge is 2.19. The van der Waals surface area contributed by atoms with E-state index in [2.05, 4.69) is 30.1 Å². The van der Waals surface area contributed by atoms with Crippen LogP contribution in [0.15, 0.2) is 53.2 Å². The maximum absolute atomic E-state index is 11.3. The van der Waals surface area contributed by atoms with Gasteiger partial charge in [0.1, 0.15) is 6.61 Å². The fourth-order valence-electron chi connectivity index (χ4n) is 2.73. The minimum absolute atomic E-state index is 0.0113. The van der Waals surface area contributed by atoms with Gasteiger partial charge in [0.05, 0.1) is 17.5 Å². The van der Waals surface area contributed by atoms with Crippen molar-refractivity contribution in [1.82, 2.24) is 30.1 Å². The Labute approximate surface area is 183 Å². The Balaban J connectivity index is 1.66. The van der Waals surface area contributed by atoms with Crippen molar-refractivity contribution >= 4 is 27.7 Å². The van der Waals surface area contributed by atoms with Crippen molar-refractivity contribution in [2.45, 2.75) is 6.61 Å². The van der Waals surface area contributed by atoms with Crippen molar-refractivity contribution in [3.63, 3.8) is 0 Å². The second-order valence-corrected chi connectivity index (χ2v) is 8.24. The molecule has 12 nitrogen and oxygen atoms in total. The maximum Gasteiger partial charge on any atom is 0.264 e. The highest BCUT2D eigenvalue weighted by atomic mass is 32.2. The summed E-state index contributed by atoms with van der Waals surface area (Å²) in [5.41, 5.74) is 7.46. The minimum Gasteiger partial charge on any atom is -0.368 e. The zero-order valence-corrected chi connectivity index (χ0v) is 17.9. The van der Waals surface area contributed by atoms with Crippen molar-refractivity contribution < 1.29 is 17.1 Å². The van der Waals surface area contributed by atoms with Crippen LogP contribution in [0.4, 0.5) is 17.6 Å². The first kappa shape index (κ1) is 21.3. The number of hydrogen-bond acceptors (Lipinski definition) is 12. The molecule has 0 saturated carbocycles. The molecular weight excluding hydrogens is 436 g/mol. The zero-order chi connectivity index (χ0) is 22.7. The van der Waals surface area contributed by atoms with E-state index in [-0.39, 0.29) is 30.1 Å². The van der Waals surface area contributed by atoms with E-state index in [4.69, 9.17) is 14.4 Å². The fourth-order valence-corrected chi connectivity index (χ4v) is 3.06. The van der Waals surface area contributed by atoms with Crippen LogP contribution in [0, 0.1) is 0 Å². The number of pyridine rings is 1. The third-order valence-electron chi connectivity index (χ3n) is 4.24. The zero-order valence-electron chi connectivity index (χ0n) is 17.1. The SMILES string of the molecule is CN(c1ccccc1)c1nc(N)nc(-c2noc(-c3cccnc3COS(C)(=O)=O)n2)n1. The molecule has 2 N–H and O–H groups in total. The van der Waals surface area contributed by atoms with Crippen molar-refractivity contribution in [1.29, 1.82) is 0 Å². The van der Waals surface area contributed by atoms with Crippen LogP contribution in [0.3, 0.4) is 0 Å². The molecule has 0 radical (unpaired) electrons. The van der Waals surface area contributed by atoms with Crippen LogP contribution >= 0.6 is 0 Å². The second kappa shape index (κ2) is 8.64. The molecule has 3 heterocycles. The van der Waals surface area contributed by atoms with Crippen LogP contribution < -0.4 is 10.6 Å². The Hall–Kier alpha value is -3.97. The molecule has 4 aromatic rings. The van der Waals surface area contributed by atoms with Gasteiger partial charge in [0, 0.05) is 18.9 Å². The van der Waals surface area contributed by atoms with E-state index >= 15 is 0 Å². The van der Waals surface area contributed by atoms with Crippen LogP contribution in [-0.2, 0) is 20.9 Å². The van der Waals surface area contributed by atoms with Crippen molar-refractivity contribution in [3.05, 3.63) is 54.4 Å². The van der Waals surface area contributed by atoms with E-state index in [0.717, 1.165) is 11.9 Å². The Kier molecular flexibility index (Phi) is 5.75. The average molecular weight is 454 g/mol. The van der Waals surface area contributed by atoms with Crippen LogP contribution in [0.5, 0.6) is 0 Å². The number of rotatable bonds is 7. The first-order chi connectivity index (χ1) is 15.3. The molecule has 0 fully saturated rings. The molecule has 0 atom stereocenters. The van der Waals surface area contributed by atoms with E-state index in [0.29, 0.717) is 17.2 Å². The first-order valence-corrected chi connectivity index (χ1v) is 11.0. The van der Waals surface area contributed by atoms with Gasteiger partial charge in [-0.3, -0.25) is 9.17 Å². The van der Waals surface area contributed by atoms with Crippen molar-refractivity contribution in [2.75, 3.05) is 23.9 Å². The lowest BCUT2D eigenvalue weighted by atomic mass is 10.2. The molecule has 0 aliphatic carbocycles. The van der Waals surface area contributed by atoms with Crippen LogP contribution in [0.25, 0.3) is 23.1 Å². The molecule has 164 valence electrons. The molecule has 0 amide bonds. The summed E-state index contributed by atoms with van der Waals surface area (Å²) in [6.45, 7) is -0.280. The van der Waals surface area contributed by atoms with Gasteiger partial charge in [-0.25, -0.2) is 0 Å². The third-order valence-corrected chi connectivity index (χ3v) is 4.79. The summed E-state index contributed by atoms with van der Waals surface area (Å²) in [7, 11) is -1.86. The molecule has 4 rings (SSSR count). The van der Waals surface area contributed by atoms with Gasteiger partial charge in [-0.05, 0) is 24.3 Å². The van der Waals surface area contributed by atoms with Gasteiger partial charge in [0.2, 0.25) is 23.5 Å². The molecule has 0 bridgehead atoms. The molecule has 32 heavy (non-hydrogen) atoms. The van der Waals surface area contributed by atoms with Gasteiger partial charge in [-0.1, -0.05) is 23.4 Å². The van der Waals surface area contributed by atoms with E-state index in [9.17, 15) is 8.42 Å². The lowest BCUT2D eigenvalue weighted by Crippen LogP contribution is -2.15.